The number of amides is 2. The van der Waals surface area contributed by atoms with Crippen molar-refractivity contribution < 1.29 is 23.5 Å². The molecule has 1 fully saturated rings. The molecular formula is C17H18N2O5. The number of methoxy groups -OCH3 is 1. The van der Waals surface area contributed by atoms with Crippen LogP contribution in [0.5, 0.6) is 11.5 Å². The van der Waals surface area contributed by atoms with E-state index < -0.39 is 0 Å². The van der Waals surface area contributed by atoms with Crippen molar-refractivity contribution in [2.75, 3.05) is 19.0 Å². The molecule has 24 heavy (non-hydrogen) atoms. The number of furan rings is 1. The highest BCUT2D eigenvalue weighted by Crippen LogP contribution is 2.30. The van der Waals surface area contributed by atoms with Gasteiger partial charge < -0.3 is 24.5 Å². The van der Waals surface area contributed by atoms with Crippen molar-refractivity contribution in [1.82, 2.24) is 5.32 Å². The van der Waals surface area contributed by atoms with Crippen LogP contribution in [0.15, 0.2) is 41.0 Å². The second-order valence-electron chi connectivity index (χ2n) is 5.43. The van der Waals surface area contributed by atoms with Gasteiger partial charge in [-0.25, -0.2) is 0 Å². The minimum absolute atomic E-state index is 0.109. The normalized spacial score (nSPS) is 13.2. The zero-order chi connectivity index (χ0) is 16.9. The summed E-state index contributed by atoms with van der Waals surface area (Å²) in [6.45, 7) is -0.109. The number of nitrogens with one attached hydrogen (secondary N) is 2. The average Bonchev–Trinajstić information content (AvgIpc) is 3.21. The number of carbonyl (C=O) groups is 2. The number of anilines is 1. The van der Waals surface area contributed by atoms with Gasteiger partial charge in [0.05, 0.1) is 13.4 Å². The third-order valence-corrected chi connectivity index (χ3v) is 3.47. The van der Waals surface area contributed by atoms with Gasteiger partial charge in [-0.1, -0.05) is 0 Å². The molecule has 1 aromatic carbocycles. The number of hydrogen-bond acceptors (Lipinski definition) is 5. The van der Waals surface area contributed by atoms with Crippen molar-refractivity contribution in [2.45, 2.75) is 18.9 Å². The van der Waals surface area contributed by atoms with Crippen LogP contribution in [-0.4, -0.2) is 31.6 Å². The Balaban J connectivity index is 1.65. The van der Waals surface area contributed by atoms with E-state index in [4.69, 9.17) is 13.9 Å². The lowest BCUT2D eigenvalue weighted by Crippen LogP contribution is -2.30. The van der Waals surface area contributed by atoms with E-state index in [1.807, 2.05) is 0 Å². The first-order valence-corrected chi connectivity index (χ1v) is 7.61. The Bertz CT molecular complexity index is 723. The minimum atomic E-state index is -0.373. The molecule has 7 nitrogen and oxygen atoms in total. The SMILES string of the molecule is COc1ccc(NC(=O)c2ccco2)cc1OCC(=O)NC1CC1. The summed E-state index contributed by atoms with van der Waals surface area (Å²) in [5, 5.41) is 5.54. The maximum atomic E-state index is 12.0. The number of rotatable bonds is 7. The molecule has 0 aliphatic heterocycles. The molecule has 0 unspecified atom stereocenters. The van der Waals surface area contributed by atoms with E-state index in [0.717, 1.165) is 12.8 Å². The lowest BCUT2D eigenvalue weighted by atomic mass is 10.2. The van der Waals surface area contributed by atoms with Crippen molar-refractivity contribution in [1.29, 1.82) is 0 Å². The first-order chi connectivity index (χ1) is 11.7. The first kappa shape index (κ1) is 15.9. The molecule has 126 valence electrons. The Kier molecular flexibility index (Phi) is 4.69. The van der Waals surface area contributed by atoms with Crippen molar-refractivity contribution in [2.24, 2.45) is 0 Å². The van der Waals surface area contributed by atoms with Gasteiger partial charge in [0.2, 0.25) is 0 Å². The van der Waals surface area contributed by atoms with Crippen LogP contribution in [0.4, 0.5) is 5.69 Å². The van der Waals surface area contributed by atoms with Crippen LogP contribution in [0.3, 0.4) is 0 Å². The summed E-state index contributed by atoms with van der Waals surface area (Å²) in [5.74, 6) is 0.509. The van der Waals surface area contributed by atoms with Crippen LogP contribution >= 0.6 is 0 Å². The first-order valence-electron chi connectivity index (χ1n) is 7.61. The highest BCUT2D eigenvalue weighted by Gasteiger charge is 2.23. The van der Waals surface area contributed by atoms with E-state index in [-0.39, 0.29) is 30.2 Å². The Labute approximate surface area is 138 Å². The lowest BCUT2D eigenvalue weighted by Gasteiger charge is -2.12. The monoisotopic (exact) mass is 330 g/mol. The Morgan fingerprint density at radius 3 is 2.75 bits per heavy atom. The van der Waals surface area contributed by atoms with Gasteiger partial charge >= 0.3 is 0 Å². The molecule has 2 aromatic rings. The maximum absolute atomic E-state index is 12.0. The highest BCUT2D eigenvalue weighted by atomic mass is 16.5. The summed E-state index contributed by atoms with van der Waals surface area (Å²) in [4.78, 5) is 23.7. The van der Waals surface area contributed by atoms with Gasteiger partial charge in [-0.05, 0) is 37.1 Å². The minimum Gasteiger partial charge on any atom is -0.493 e. The summed E-state index contributed by atoms with van der Waals surface area (Å²) < 4.78 is 15.8. The molecule has 0 spiro atoms. The van der Waals surface area contributed by atoms with Gasteiger partial charge in [0, 0.05) is 17.8 Å². The van der Waals surface area contributed by atoms with Crippen LogP contribution in [0, 0.1) is 0 Å². The zero-order valence-electron chi connectivity index (χ0n) is 13.2. The number of carbonyl (C=O) groups excluding carboxylic acids is 2. The summed E-state index contributed by atoms with van der Waals surface area (Å²) in [7, 11) is 1.51. The van der Waals surface area contributed by atoms with Crippen LogP contribution in [0.2, 0.25) is 0 Å². The molecule has 1 aromatic heterocycles. The molecule has 7 heteroatoms. The molecule has 2 N–H and O–H groups in total. The van der Waals surface area contributed by atoms with Crippen molar-refractivity contribution in [3.8, 4) is 11.5 Å². The predicted molar refractivity (Wildman–Crippen MR) is 86.3 cm³/mol. The Morgan fingerprint density at radius 2 is 2.08 bits per heavy atom. The number of benzene rings is 1. The van der Waals surface area contributed by atoms with Crippen molar-refractivity contribution in [3.05, 3.63) is 42.4 Å². The molecule has 1 heterocycles. The van der Waals surface area contributed by atoms with Crippen LogP contribution in [-0.2, 0) is 4.79 Å². The van der Waals surface area contributed by atoms with Crippen LogP contribution in [0.25, 0.3) is 0 Å². The zero-order valence-corrected chi connectivity index (χ0v) is 13.2. The molecule has 0 radical (unpaired) electrons. The van der Waals surface area contributed by atoms with E-state index in [1.54, 1.807) is 30.3 Å². The van der Waals surface area contributed by atoms with Crippen molar-refractivity contribution >= 4 is 17.5 Å². The summed E-state index contributed by atoms with van der Waals surface area (Å²) in [5.41, 5.74) is 0.509. The fraction of sp³-hybridized carbons (Fsp3) is 0.294. The van der Waals surface area contributed by atoms with Gasteiger partial charge in [0.15, 0.2) is 23.9 Å². The molecule has 1 aliphatic rings. The van der Waals surface area contributed by atoms with E-state index in [2.05, 4.69) is 10.6 Å². The van der Waals surface area contributed by atoms with Crippen molar-refractivity contribution in [3.63, 3.8) is 0 Å². The van der Waals surface area contributed by atoms with Gasteiger partial charge in [0.1, 0.15) is 0 Å². The molecule has 0 bridgehead atoms. The fourth-order valence-corrected chi connectivity index (χ4v) is 2.11. The second-order valence-corrected chi connectivity index (χ2v) is 5.43. The number of hydrogen-bond donors (Lipinski definition) is 2. The molecule has 1 aliphatic carbocycles. The smallest absolute Gasteiger partial charge is 0.291 e. The second kappa shape index (κ2) is 7.08. The quantitative estimate of drug-likeness (QED) is 0.812. The summed E-state index contributed by atoms with van der Waals surface area (Å²) in [6, 6.07) is 8.42. The Morgan fingerprint density at radius 1 is 1.25 bits per heavy atom. The van der Waals surface area contributed by atoms with E-state index >= 15 is 0 Å². The van der Waals surface area contributed by atoms with Gasteiger partial charge in [0.25, 0.3) is 11.8 Å². The summed E-state index contributed by atoms with van der Waals surface area (Å²) >= 11 is 0. The lowest BCUT2D eigenvalue weighted by molar-refractivity contribution is -0.123. The van der Waals surface area contributed by atoms with Gasteiger partial charge in [-0.2, -0.15) is 0 Å². The Hall–Kier alpha value is -2.96. The molecule has 3 rings (SSSR count). The average molecular weight is 330 g/mol. The van der Waals surface area contributed by atoms with Gasteiger partial charge in [-0.3, -0.25) is 9.59 Å². The molecular weight excluding hydrogens is 312 g/mol. The largest absolute Gasteiger partial charge is 0.493 e. The predicted octanol–water partition coefficient (Wildman–Crippen LogP) is 2.20. The maximum Gasteiger partial charge on any atom is 0.291 e. The standard InChI is InChI=1S/C17H18N2O5/c1-22-13-7-6-12(19-17(21)14-3-2-8-23-14)9-15(13)24-10-16(20)18-11-4-5-11/h2-3,6-9,11H,4-5,10H2,1H3,(H,18,20)(H,19,21). The number of ether oxygens (including phenoxy) is 2. The van der Waals surface area contributed by atoms with Crippen LogP contribution < -0.4 is 20.1 Å². The summed E-state index contributed by atoms with van der Waals surface area (Å²) in [6.07, 6.45) is 3.46. The third kappa shape index (κ3) is 4.07. The van der Waals surface area contributed by atoms with E-state index in [0.29, 0.717) is 17.2 Å². The van der Waals surface area contributed by atoms with Gasteiger partial charge in [-0.15, -0.1) is 0 Å². The molecule has 0 saturated heterocycles. The molecule has 0 atom stereocenters. The van der Waals surface area contributed by atoms with E-state index in [9.17, 15) is 9.59 Å². The van der Waals surface area contributed by atoms with E-state index in [1.165, 1.54) is 13.4 Å². The topological polar surface area (TPSA) is 89.8 Å². The fourth-order valence-electron chi connectivity index (χ4n) is 2.11. The third-order valence-electron chi connectivity index (χ3n) is 3.47. The molecule has 2 amide bonds. The molecule has 1 saturated carbocycles. The van der Waals surface area contributed by atoms with Crippen LogP contribution in [0.1, 0.15) is 23.4 Å². The highest BCUT2D eigenvalue weighted by molar-refractivity contribution is 6.02.